The number of nitrogens with one attached hydrogen (secondary N) is 1. The molecule has 3 aromatic rings. The Balaban J connectivity index is 1.62. The van der Waals surface area contributed by atoms with Crippen LogP contribution in [0.3, 0.4) is 0 Å². The van der Waals surface area contributed by atoms with Gasteiger partial charge < -0.3 is 10.1 Å². The van der Waals surface area contributed by atoms with E-state index in [-0.39, 0.29) is 11.6 Å². The zero-order chi connectivity index (χ0) is 18.8. The highest BCUT2D eigenvalue weighted by Crippen LogP contribution is 2.34. The van der Waals surface area contributed by atoms with E-state index in [9.17, 15) is 4.79 Å². The molecular weight excluding hydrogens is 342 g/mol. The van der Waals surface area contributed by atoms with E-state index in [0.717, 1.165) is 29.7 Å². The molecule has 1 aliphatic carbocycles. The van der Waals surface area contributed by atoms with E-state index >= 15 is 0 Å². The van der Waals surface area contributed by atoms with Crippen molar-refractivity contribution >= 4 is 22.5 Å². The molecule has 0 bridgehead atoms. The van der Waals surface area contributed by atoms with Crippen LogP contribution in [0.4, 0.5) is 5.69 Å². The first-order valence-corrected chi connectivity index (χ1v) is 9.30. The number of hydrogen-bond acceptors (Lipinski definition) is 5. The first-order valence-electron chi connectivity index (χ1n) is 9.30. The van der Waals surface area contributed by atoms with E-state index in [4.69, 9.17) is 9.84 Å². The SMILES string of the molecule is COc1cc2nn([C@H]3CC[C@H](C)CC3)cc2cc1NC(=O)c1cccnn1. The number of hydrogen-bond donors (Lipinski definition) is 1. The van der Waals surface area contributed by atoms with Gasteiger partial charge in [-0.15, -0.1) is 5.10 Å². The van der Waals surface area contributed by atoms with Crippen LogP contribution >= 0.6 is 0 Å². The maximum atomic E-state index is 12.4. The molecule has 1 amide bonds. The van der Waals surface area contributed by atoms with Crippen LogP contribution in [0.25, 0.3) is 10.9 Å². The largest absolute Gasteiger partial charge is 0.494 e. The van der Waals surface area contributed by atoms with Gasteiger partial charge in [0.1, 0.15) is 5.75 Å². The second kappa shape index (κ2) is 7.34. The number of nitrogens with zero attached hydrogens (tertiary/aromatic N) is 4. The summed E-state index contributed by atoms with van der Waals surface area (Å²) in [5, 5.41) is 16.2. The van der Waals surface area contributed by atoms with E-state index in [1.165, 1.54) is 19.0 Å². The van der Waals surface area contributed by atoms with Gasteiger partial charge in [-0.3, -0.25) is 9.48 Å². The smallest absolute Gasteiger partial charge is 0.276 e. The van der Waals surface area contributed by atoms with Crippen molar-refractivity contribution in [1.29, 1.82) is 0 Å². The predicted octanol–water partition coefficient (Wildman–Crippen LogP) is 3.84. The minimum absolute atomic E-state index is 0.256. The van der Waals surface area contributed by atoms with Gasteiger partial charge in [0.2, 0.25) is 0 Å². The maximum Gasteiger partial charge on any atom is 0.276 e. The van der Waals surface area contributed by atoms with Crippen LogP contribution in [0.2, 0.25) is 0 Å². The quantitative estimate of drug-likeness (QED) is 0.760. The molecule has 7 nitrogen and oxygen atoms in total. The van der Waals surface area contributed by atoms with Gasteiger partial charge in [0, 0.05) is 23.8 Å². The standard InChI is InChI=1S/C20H23N5O2/c1-13-5-7-15(8-6-13)25-12-14-10-18(19(27-2)11-17(14)24-25)22-20(26)16-4-3-9-21-23-16/h3-4,9-13,15H,5-8H2,1-2H3,(H,22,26)/t13-,15-. The number of carbonyl (C=O) groups excluding carboxylic acids is 1. The Labute approximate surface area is 157 Å². The molecule has 140 valence electrons. The minimum atomic E-state index is -0.325. The average Bonchev–Trinajstić information content (AvgIpc) is 3.11. The molecule has 0 atom stereocenters. The first-order chi connectivity index (χ1) is 13.1. The van der Waals surface area contributed by atoms with Crippen LogP contribution in [0, 0.1) is 5.92 Å². The number of fused-ring (bicyclic) bond motifs is 1. The van der Waals surface area contributed by atoms with Crippen molar-refractivity contribution in [1.82, 2.24) is 20.0 Å². The fourth-order valence-electron chi connectivity index (χ4n) is 3.64. The van der Waals surface area contributed by atoms with Crippen LogP contribution in [0.1, 0.15) is 49.1 Å². The van der Waals surface area contributed by atoms with Crippen molar-refractivity contribution in [3.8, 4) is 5.75 Å². The van der Waals surface area contributed by atoms with E-state index in [1.807, 2.05) is 12.1 Å². The Kier molecular flexibility index (Phi) is 4.75. The van der Waals surface area contributed by atoms with Gasteiger partial charge in [-0.2, -0.15) is 10.2 Å². The molecule has 1 saturated carbocycles. The highest BCUT2D eigenvalue weighted by Gasteiger charge is 2.21. The zero-order valence-corrected chi connectivity index (χ0v) is 15.6. The number of carbonyl (C=O) groups is 1. The lowest BCUT2D eigenvalue weighted by molar-refractivity contribution is 0.102. The summed E-state index contributed by atoms with van der Waals surface area (Å²) >= 11 is 0. The third-order valence-electron chi connectivity index (χ3n) is 5.26. The molecule has 1 aromatic carbocycles. The Morgan fingerprint density at radius 2 is 2.07 bits per heavy atom. The molecule has 7 heteroatoms. The summed E-state index contributed by atoms with van der Waals surface area (Å²) in [7, 11) is 1.58. The van der Waals surface area contributed by atoms with E-state index in [1.54, 1.807) is 19.2 Å². The zero-order valence-electron chi connectivity index (χ0n) is 15.6. The van der Waals surface area contributed by atoms with Crippen molar-refractivity contribution in [3.63, 3.8) is 0 Å². The molecule has 0 unspecified atom stereocenters. The molecule has 0 radical (unpaired) electrons. The van der Waals surface area contributed by atoms with Crippen LogP contribution in [-0.4, -0.2) is 33.0 Å². The van der Waals surface area contributed by atoms with Gasteiger partial charge in [-0.25, -0.2) is 0 Å². The number of methoxy groups -OCH3 is 1. The Morgan fingerprint density at radius 3 is 2.78 bits per heavy atom. The van der Waals surface area contributed by atoms with Crippen LogP contribution < -0.4 is 10.1 Å². The summed E-state index contributed by atoms with van der Waals surface area (Å²) < 4.78 is 7.53. The molecule has 1 N–H and O–H groups in total. The number of anilines is 1. The van der Waals surface area contributed by atoms with E-state index < -0.39 is 0 Å². The number of benzene rings is 1. The van der Waals surface area contributed by atoms with Crippen molar-refractivity contribution in [2.45, 2.75) is 38.6 Å². The van der Waals surface area contributed by atoms with Gasteiger partial charge in [0.15, 0.2) is 5.69 Å². The summed E-state index contributed by atoms with van der Waals surface area (Å²) in [5.74, 6) is 1.05. The molecule has 0 saturated heterocycles. The highest BCUT2D eigenvalue weighted by molar-refractivity contribution is 6.04. The normalized spacial score (nSPS) is 19.8. The molecule has 27 heavy (non-hydrogen) atoms. The highest BCUT2D eigenvalue weighted by atomic mass is 16.5. The second-order valence-electron chi connectivity index (χ2n) is 7.20. The van der Waals surface area contributed by atoms with Crippen molar-refractivity contribution < 1.29 is 9.53 Å². The number of ether oxygens (including phenoxy) is 1. The van der Waals surface area contributed by atoms with Crippen molar-refractivity contribution in [3.05, 3.63) is 42.4 Å². The van der Waals surface area contributed by atoms with Gasteiger partial charge >= 0.3 is 0 Å². The fraction of sp³-hybridized carbons (Fsp3) is 0.400. The third-order valence-corrected chi connectivity index (χ3v) is 5.26. The van der Waals surface area contributed by atoms with Crippen molar-refractivity contribution in [2.24, 2.45) is 5.92 Å². The summed E-state index contributed by atoms with van der Waals surface area (Å²) in [4.78, 5) is 12.4. The molecule has 2 heterocycles. The monoisotopic (exact) mass is 365 g/mol. The van der Waals surface area contributed by atoms with Gasteiger partial charge in [0.25, 0.3) is 5.91 Å². The Morgan fingerprint density at radius 1 is 1.26 bits per heavy atom. The molecule has 4 rings (SSSR count). The van der Waals surface area contributed by atoms with Crippen molar-refractivity contribution in [2.75, 3.05) is 12.4 Å². The summed E-state index contributed by atoms with van der Waals surface area (Å²) in [6.45, 7) is 2.31. The minimum Gasteiger partial charge on any atom is -0.494 e. The summed E-state index contributed by atoms with van der Waals surface area (Å²) in [5.41, 5.74) is 1.71. The molecule has 0 spiro atoms. The molecule has 2 aromatic heterocycles. The lowest BCUT2D eigenvalue weighted by Crippen LogP contribution is -2.16. The summed E-state index contributed by atoms with van der Waals surface area (Å²) in [6.07, 6.45) is 8.38. The second-order valence-corrected chi connectivity index (χ2v) is 7.20. The number of amides is 1. The molecule has 1 aliphatic rings. The molecule has 1 fully saturated rings. The van der Waals surface area contributed by atoms with Gasteiger partial charge in [0.05, 0.1) is 24.4 Å². The summed E-state index contributed by atoms with van der Waals surface area (Å²) in [6, 6.07) is 7.51. The predicted molar refractivity (Wildman–Crippen MR) is 103 cm³/mol. The lowest BCUT2D eigenvalue weighted by Gasteiger charge is -2.26. The third kappa shape index (κ3) is 3.63. The van der Waals surface area contributed by atoms with Crippen LogP contribution in [0.5, 0.6) is 5.75 Å². The van der Waals surface area contributed by atoms with Crippen LogP contribution in [-0.2, 0) is 0 Å². The van der Waals surface area contributed by atoms with E-state index in [0.29, 0.717) is 17.5 Å². The van der Waals surface area contributed by atoms with Gasteiger partial charge in [-0.05, 0) is 49.8 Å². The first kappa shape index (κ1) is 17.5. The fourth-order valence-corrected chi connectivity index (χ4v) is 3.64. The number of rotatable bonds is 4. The lowest BCUT2D eigenvalue weighted by atomic mass is 9.87. The average molecular weight is 365 g/mol. The van der Waals surface area contributed by atoms with Crippen LogP contribution in [0.15, 0.2) is 36.7 Å². The Hall–Kier alpha value is -2.96. The maximum absolute atomic E-state index is 12.4. The molecule has 0 aliphatic heterocycles. The van der Waals surface area contributed by atoms with E-state index in [2.05, 4.69) is 33.3 Å². The van der Waals surface area contributed by atoms with Gasteiger partial charge in [-0.1, -0.05) is 6.92 Å². The number of aromatic nitrogens is 4. The topological polar surface area (TPSA) is 81.9 Å². The molecular formula is C20H23N5O2. The Bertz CT molecular complexity index is 946.